The SMILES string of the molecule is CCc1occc1C(=O)c1ccccc1C1CCC1. The Morgan fingerprint density at radius 2 is 2.00 bits per heavy atom. The smallest absolute Gasteiger partial charge is 0.196 e. The van der Waals surface area contributed by atoms with Crippen LogP contribution in [0.2, 0.25) is 0 Å². The third-order valence-electron chi connectivity index (χ3n) is 4.06. The van der Waals surface area contributed by atoms with E-state index in [-0.39, 0.29) is 5.78 Å². The number of benzene rings is 1. The molecule has 0 spiro atoms. The molecule has 3 rings (SSSR count). The highest BCUT2D eigenvalue weighted by atomic mass is 16.3. The quantitative estimate of drug-likeness (QED) is 0.760. The predicted molar refractivity (Wildman–Crippen MR) is 74.6 cm³/mol. The van der Waals surface area contributed by atoms with Crippen LogP contribution in [-0.2, 0) is 6.42 Å². The van der Waals surface area contributed by atoms with E-state index in [4.69, 9.17) is 4.42 Å². The minimum absolute atomic E-state index is 0.105. The van der Waals surface area contributed by atoms with E-state index in [0.717, 1.165) is 17.7 Å². The molecule has 0 atom stereocenters. The van der Waals surface area contributed by atoms with Crippen molar-refractivity contribution < 1.29 is 9.21 Å². The average Bonchev–Trinajstić information content (AvgIpc) is 2.85. The molecule has 2 heteroatoms. The van der Waals surface area contributed by atoms with Gasteiger partial charge >= 0.3 is 0 Å². The zero-order valence-electron chi connectivity index (χ0n) is 11.2. The molecule has 1 aliphatic carbocycles. The number of ketones is 1. The highest BCUT2D eigenvalue weighted by molar-refractivity contribution is 6.10. The van der Waals surface area contributed by atoms with Crippen LogP contribution in [0, 0.1) is 0 Å². The second-order valence-electron chi connectivity index (χ2n) is 5.16. The van der Waals surface area contributed by atoms with Crippen LogP contribution >= 0.6 is 0 Å². The van der Waals surface area contributed by atoms with Crippen molar-refractivity contribution in [3.63, 3.8) is 0 Å². The van der Waals surface area contributed by atoms with Crippen molar-refractivity contribution in [1.82, 2.24) is 0 Å². The molecule has 0 amide bonds. The fraction of sp³-hybridized carbons (Fsp3) is 0.353. The molecule has 98 valence electrons. The fourth-order valence-corrected chi connectivity index (χ4v) is 2.74. The lowest BCUT2D eigenvalue weighted by Crippen LogP contribution is -2.14. The van der Waals surface area contributed by atoms with Gasteiger partial charge in [0.1, 0.15) is 5.76 Å². The first-order valence-corrected chi connectivity index (χ1v) is 7.01. The van der Waals surface area contributed by atoms with Gasteiger partial charge in [0.05, 0.1) is 11.8 Å². The standard InChI is InChI=1S/C17H18O2/c1-2-16-15(10-11-19-16)17(18)14-9-4-3-8-13(14)12-6-5-7-12/h3-4,8-12H,2,5-7H2,1H3. The molecule has 0 N–H and O–H groups in total. The van der Waals surface area contributed by atoms with E-state index in [1.807, 2.05) is 25.1 Å². The van der Waals surface area contributed by atoms with Gasteiger partial charge in [-0.25, -0.2) is 0 Å². The molecular weight excluding hydrogens is 236 g/mol. The summed E-state index contributed by atoms with van der Waals surface area (Å²) in [6.07, 6.45) is 6.05. The Morgan fingerprint density at radius 1 is 1.21 bits per heavy atom. The molecule has 19 heavy (non-hydrogen) atoms. The number of carbonyl (C=O) groups excluding carboxylic acids is 1. The van der Waals surface area contributed by atoms with Gasteiger partial charge in [-0.2, -0.15) is 0 Å². The van der Waals surface area contributed by atoms with Gasteiger partial charge in [-0.1, -0.05) is 37.6 Å². The van der Waals surface area contributed by atoms with Gasteiger partial charge in [-0.05, 0) is 30.4 Å². The topological polar surface area (TPSA) is 30.2 Å². The highest BCUT2D eigenvalue weighted by Gasteiger charge is 2.25. The van der Waals surface area contributed by atoms with Gasteiger partial charge in [0, 0.05) is 12.0 Å². The number of rotatable bonds is 4. The van der Waals surface area contributed by atoms with Crippen molar-refractivity contribution in [2.24, 2.45) is 0 Å². The van der Waals surface area contributed by atoms with E-state index in [1.54, 1.807) is 12.3 Å². The van der Waals surface area contributed by atoms with Gasteiger partial charge in [0.15, 0.2) is 5.78 Å². The third kappa shape index (κ3) is 2.12. The molecule has 1 aromatic carbocycles. The Kier molecular flexibility index (Phi) is 3.24. The maximum absolute atomic E-state index is 12.7. The number of aryl methyl sites for hydroxylation is 1. The Bertz CT molecular complexity index is 591. The Hall–Kier alpha value is -1.83. The van der Waals surface area contributed by atoms with Gasteiger partial charge in [0.25, 0.3) is 0 Å². The summed E-state index contributed by atoms with van der Waals surface area (Å²) in [4.78, 5) is 12.7. The number of furan rings is 1. The van der Waals surface area contributed by atoms with Gasteiger partial charge in [0.2, 0.25) is 0 Å². The van der Waals surface area contributed by atoms with Gasteiger partial charge in [-0.15, -0.1) is 0 Å². The second-order valence-corrected chi connectivity index (χ2v) is 5.16. The Labute approximate surface area is 113 Å². The first-order chi connectivity index (χ1) is 9.31. The molecule has 1 heterocycles. The van der Waals surface area contributed by atoms with Crippen molar-refractivity contribution in [1.29, 1.82) is 0 Å². The summed E-state index contributed by atoms with van der Waals surface area (Å²) in [6.45, 7) is 2.01. The molecule has 0 saturated heterocycles. The largest absolute Gasteiger partial charge is 0.469 e. The van der Waals surface area contributed by atoms with Crippen LogP contribution < -0.4 is 0 Å². The number of hydrogen-bond acceptors (Lipinski definition) is 2. The van der Waals surface area contributed by atoms with Crippen molar-refractivity contribution in [3.05, 3.63) is 59.0 Å². The zero-order valence-corrected chi connectivity index (χ0v) is 11.2. The monoisotopic (exact) mass is 254 g/mol. The van der Waals surface area contributed by atoms with Gasteiger partial charge in [-0.3, -0.25) is 4.79 Å². The van der Waals surface area contributed by atoms with Crippen LogP contribution in [0.4, 0.5) is 0 Å². The molecule has 0 bridgehead atoms. The van der Waals surface area contributed by atoms with Crippen molar-refractivity contribution in [2.45, 2.75) is 38.5 Å². The second kappa shape index (κ2) is 5.04. The number of hydrogen-bond donors (Lipinski definition) is 0. The van der Waals surface area contributed by atoms with E-state index in [2.05, 4.69) is 6.07 Å². The molecule has 0 radical (unpaired) electrons. The van der Waals surface area contributed by atoms with E-state index in [1.165, 1.54) is 24.8 Å². The molecule has 0 unspecified atom stereocenters. The third-order valence-corrected chi connectivity index (χ3v) is 4.06. The Morgan fingerprint density at radius 3 is 2.68 bits per heavy atom. The lowest BCUT2D eigenvalue weighted by Gasteiger charge is -2.27. The molecule has 1 saturated carbocycles. The summed E-state index contributed by atoms with van der Waals surface area (Å²) in [6, 6.07) is 9.81. The lowest BCUT2D eigenvalue weighted by molar-refractivity contribution is 0.103. The van der Waals surface area contributed by atoms with E-state index in [9.17, 15) is 4.79 Å². The maximum atomic E-state index is 12.7. The molecule has 2 aromatic rings. The summed E-state index contributed by atoms with van der Waals surface area (Å²) < 4.78 is 5.38. The minimum atomic E-state index is 0.105. The molecule has 1 aliphatic rings. The molecular formula is C17H18O2. The summed E-state index contributed by atoms with van der Waals surface area (Å²) in [5, 5.41) is 0. The molecule has 2 nitrogen and oxygen atoms in total. The highest BCUT2D eigenvalue weighted by Crippen LogP contribution is 2.38. The van der Waals surface area contributed by atoms with Crippen molar-refractivity contribution >= 4 is 5.78 Å². The first-order valence-electron chi connectivity index (χ1n) is 7.01. The Balaban J connectivity index is 2.00. The van der Waals surface area contributed by atoms with Crippen LogP contribution in [0.3, 0.4) is 0 Å². The lowest BCUT2D eigenvalue weighted by atomic mass is 9.77. The van der Waals surface area contributed by atoms with E-state index >= 15 is 0 Å². The average molecular weight is 254 g/mol. The van der Waals surface area contributed by atoms with Gasteiger partial charge < -0.3 is 4.42 Å². The van der Waals surface area contributed by atoms with E-state index < -0.39 is 0 Å². The van der Waals surface area contributed by atoms with Crippen LogP contribution in [0.25, 0.3) is 0 Å². The van der Waals surface area contributed by atoms with E-state index in [0.29, 0.717) is 11.5 Å². The van der Waals surface area contributed by atoms with Crippen LogP contribution in [0.15, 0.2) is 41.0 Å². The fourth-order valence-electron chi connectivity index (χ4n) is 2.74. The molecule has 1 aromatic heterocycles. The zero-order chi connectivity index (χ0) is 13.2. The molecule has 1 fully saturated rings. The van der Waals surface area contributed by atoms with Crippen molar-refractivity contribution in [3.8, 4) is 0 Å². The minimum Gasteiger partial charge on any atom is -0.469 e. The maximum Gasteiger partial charge on any atom is 0.196 e. The summed E-state index contributed by atoms with van der Waals surface area (Å²) in [5.41, 5.74) is 2.78. The summed E-state index contributed by atoms with van der Waals surface area (Å²) in [7, 11) is 0. The van der Waals surface area contributed by atoms with Crippen LogP contribution in [-0.4, -0.2) is 5.78 Å². The predicted octanol–water partition coefficient (Wildman–Crippen LogP) is 4.34. The normalized spacial score (nSPS) is 15.2. The first kappa shape index (κ1) is 12.2. The summed E-state index contributed by atoms with van der Waals surface area (Å²) >= 11 is 0. The van der Waals surface area contributed by atoms with Crippen LogP contribution in [0.1, 0.15) is 59.3 Å². The number of carbonyl (C=O) groups is 1. The molecule has 0 aliphatic heterocycles. The summed E-state index contributed by atoms with van der Waals surface area (Å²) in [5.74, 6) is 1.46. The van der Waals surface area contributed by atoms with Crippen LogP contribution in [0.5, 0.6) is 0 Å². The van der Waals surface area contributed by atoms with Crippen molar-refractivity contribution in [2.75, 3.05) is 0 Å².